The second-order valence-corrected chi connectivity index (χ2v) is 8.99. The number of halogens is 2. The maximum atomic E-state index is 13.5. The zero-order chi connectivity index (χ0) is 21.7. The van der Waals surface area contributed by atoms with E-state index in [9.17, 15) is 9.59 Å². The largest absolute Gasteiger partial charge is 0.285 e. The van der Waals surface area contributed by atoms with Crippen LogP contribution in [0.5, 0.6) is 0 Å². The number of rotatable bonds is 3. The summed E-state index contributed by atoms with van der Waals surface area (Å²) in [6, 6.07) is 15.0. The predicted molar refractivity (Wildman–Crippen MR) is 126 cm³/mol. The Morgan fingerprint density at radius 2 is 0.900 bits per heavy atom. The van der Waals surface area contributed by atoms with Crippen molar-refractivity contribution in [2.75, 3.05) is 0 Å². The van der Waals surface area contributed by atoms with E-state index >= 15 is 0 Å². The molecule has 0 aliphatic carbocycles. The quantitative estimate of drug-likeness (QED) is 0.391. The number of hydrogen-bond donors (Lipinski definition) is 0. The topological polar surface area (TPSA) is 53.9 Å². The molecule has 0 saturated carbocycles. The summed E-state index contributed by atoms with van der Waals surface area (Å²) in [5, 5.41) is 0. The van der Waals surface area contributed by atoms with Crippen LogP contribution in [0.4, 0.5) is 0 Å². The molecule has 0 unspecified atom stereocenters. The molecule has 0 spiro atoms. The third kappa shape index (κ3) is 3.15. The molecule has 0 aliphatic rings. The highest BCUT2D eigenvalue weighted by Crippen LogP contribution is 2.24. The van der Waals surface area contributed by atoms with Crippen LogP contribution in [0.2, 0.25) is 0 Å². The van der Waals surface area contributed by atoms with Crippen LogP contribution in [-0.2, 0) is 14.1 Å². The van der Waals surface area contributed by atoms with Gasteiger partial charge >= 0.3 is 0 Å². The van der Waals surface area contributed by atoms with Gasteiger partial charge in [-0.15, -0.1) is 0 Å². The summed E-state index contributed by atoms with van der Waals surface area (Å²) in [7, 11) is 3.65. The Kier molecular flexibility index (Phi) is 5.23. The van der Waals surface area contributed by atoms with Gasteiger partial charge in [-0.1, -0.05) is 31.9 Å². The number of benzene rings is 2. The predicted octanol–water partition coefficient (Wildman–Crippen LogP) is 4.47. The highest BCUT2D eigenvalue weighted by atomic mass is 79.9. The van der Waals surface area contributed by atoms with Crippen molar-refractivity contribution in [3.05, 3.63) is 89.6 Å². The Morgan fingerprint density at radius 1 is 0.600 bits per heavy atom. The SMILES string of the molecule is Cc1c(-c2c(C)n(C)n(-c3ccc(Br)cc3)c2=O)c(=O)n(-c2ccc(Br)cc2)n1C. The van der Waals surface area contributed by atoms with E-state index in [1.807, 2.05) is 76.5 Å². The van der Waals surface area contributed by atoms with Crippen LogP contribution < -0.4 is 11.1 Å². The van der Waals surface area contributed by atoms with Gasteiger partial charge in [0.1, 0.15) is 0 Å². The van der Waals surface area contributed by atoms with Crippen molar-refractivity contribution in [3.8, 4) is 22.5 Å². The highest BCUT2D eigenvalue weighted by molar-refractivity contribution is 9.10. The third-order valence-corrected chi connectivity index (χ3v) is 6.56. The molecule has 2 aromatic heterocycles. The minimum Gasteiger partial charge on any atom is -0.285 e. The average Bonchev–Trinajstić information content (AvgIpc) is 3.06. The smallest absolute Gasteiger partial charge is 0.279 e. The molecule has 0 aliphatic heterocycles. The molecule has 0 radical (unpaired) electrons. The fourth-order valence-electron chi connectivity index (χ4n) is 3.74. The number of hydrogen-bond acceptors (Lipinski definition) is 2. The van der Waals surface area contributed by atoms with Crippen molar-refractivity contribution < 1.29 is 0 Å². The zero-order valence-corrected chi connectivity index (χ0v) is 20.2. The Morgan fingerprint density at radius 3 is 1.20 bits per heavy atom. The van der Waals surface area contributed by atoms with Crippen LogP contribution in [-0.4, -0.2) is 18.7 Å². The van der Waals surface area contributed by atoms with Crippen molar-refractivity contribution in [2.24, 2.45) is 14.1 Å². The van der Waals surface area contributed by atoms with Crippen molar-refractivity contribution in [3.63, 3.8) is 0 Å². The van der Waals surface area contributed by atoms with Gasteiger partial charge in [0.2, 0.25) is 0 Å². The summed E-state index contributed by atoms with van der Waals surface area (Å²) in [4.78, 5) is 26.9. The van der Waals surface area contributed by atoms with E-state index in [4.69, 9.17) is 0 Å². The van der Waals surface area contributed by atoms with Crippen LogP contribution in [0, 0.1) is 13.8 Å². The van der Waals surface area contributed by atoms with Crippen LogP contribution in [0.3, 0.4) is 0 Å². The molecule has 8 heteroatoms. The zero-order valence-electron chi connectivity index (χ0n) is 17.0. The first-order chi connectivity index (χ1) is 14.2. The summed E-state index contributed by atoms with van der Waals surface area (Å²) in [6.07, 6.45) is 0. The molecule has 0 bridgehead atoms. The van der Waals surface area contributed by atoms with E-state index in [-0.39, 0.29) is 11.1 Å². The lowest BCUT2D eigenvalue weighted by Crippen LogP contribution is -2.22. The van der Waals surface area contributed by atoms with Crippen molar-refractivity contribution in [1.29, 1.82) is 0 Å². The molecule has 0 saturated heterocycles. The van der Waals surface area contributed by atoms with Gasteiger partial charge in [-0.25, -0.2) is 9.36 Å². The van der Waals surface area contributed by atoms with E-state index in [0.29, 0.717) is 11.1 Å². The Labute approximate surface area is 190 Å². The molecule has 0 amide bonds. The molecule has 0 fully saturated rings. The first-order valence-electron chi connectivity index (χ1n) is 9.32. The monoisotopic (exact) mass is 530 g/mol. The minimum absolute atomic E-state index is 0.217. The van der Waals surface area contributed by atoms with Crippen LogP contribution in [0.1, 0.15) is 11.4 Å². The molecule has 6 nitrogen and oxygen atoms in total. The van der Waals surface area contributed by atoms with Gasteiger partial charge in [-0.2, -0.15) is 0 Å². The molecule has 2 heterocycles. The van der Waals surface area contributed by atoms with Gasteiger partial charge in [0.15, 0.2) is 0 Å². The Hall–Kier alpha value is -2.58. The lowest BCUT2D eigenvalue weighted by molar-refractivity contribution is 0.630. The second-order valence-electron chi connectivity index (χ2n) is 7.15. The summed E-state index contributed by atoms with van der Waals surface area (Å²) >= 11 is 6.85. The van der Waals surface area contributed by atoms with Gasteiger partial charge in [-0.05, 0) is 62.4 Å². The first kappa shape index (κ1) is 20.7. The fraction of sp³-hybridized carbons (Fsp3) is 0.182. The summed E-state index contributed by atoms with van der Waals surface area (Å²) in [5.41, 5.74) is 3.36. The van der Waals surface area contributed by atoms with E-state index in [1.54, 1.807) is 18.7 Å². The summed E-state index contributed by atoms with van der Waals surface area (Å²) in [6.45, 7) is 3.73. The molecular weight excluding hydrogens is 512 g/mol. The molecule has 30 heavy (non-hydrogen) atoms. The Balaban J connectivity index is 1.99. The van der Waals surface area contributed by atoms with Crippen LogP contribution in [0.25, 0.3) is 22.5 Å². The normalized spacial score (nSPS) is 11.3. The van der Waals surface area contributed by atoms with Gasteiger partial charge in [0.05, 0.1) is 22.5 Å². The lowest BCUT2D eigenvalue weighted by Gasteiger charge is -2.08. The highest BCUT2D eigenvalue weighted by Gasteiger charge is 2.25. The summed E-state index contributed by atoms with van der Waals surface area (Å²) < 4.78 is 8.62. The van der Waals surface area contributed by atoms with E-state index in [1.165, 1.54) is 0 Å². The van der Waals surface area contributed by atoms with Crippen molar-refractivity contribution in [2.45, 2.75) is 13.8 Å². The first-order valence-corrected chi connectivity index (χ1v) is 10.9. The number of aromatic nitrogens is 4. The maximum Gasteiger partial charge on any atom is 0.279 e. The molecule has 4 rings (SSSR count). The maximum absolute atomic E-state index is 13.5. The average molecular weight is 532 g/mol. The molecular formula is C22H20Br2N4O2. The van der Waals surface area contributed by atoms with Gasteiger partial charge in [-0.3, -0.25) is 19.0 Å². The van der Waals surface area contributed by atoms with E-state index in [0.717, 1.165) is 31.7 Å². The molecule has 2 aromatic carbocycles. The van der Waals surface area contributed by atoms with Crippen LogP contribution >= 0.6 is 31.9 Å². The van der Waals surface area contributed by atoms with E-state index in [2.05, 4.69) is 31.9 Å². The van der Waals surface area contributed by atoms with E-state index < -0.39 is 0 Å². The fourth-order valence-corrected chi connectivity index (χ4v) is 4.27. The molecule has 0 atom stereocenters. The van der Waals surface area contributed by atoms with Gasteiger partial charge in [0, 0.05) is 34.4 Å². The minimum atomic E-state index is -0.217. The Bertz CT molecular complexity index is 1260. The third-order valence-electron chi connectivity index (χ3n) is 5.50. The van der Waals surface area contributed by atoms with Crippen molar-refractivity contribution >= 4 is 31.9 Å². The summed E-state index contributed by atoms with van der Waals surface area (Å²) in [5.74, 6) is 0. The van der Waals surface area contributed by atoms with Crippen molar-refractivity contribution in [1.82, 2.24) is 18.7 Å². The second kappa shape index (κ2) is 7.59. The van der Waals surface area contributed by atoms with Gasteiger partial charge < -0.3 is 0 Å². The number of nitrogens with zero attached hydrogens (tertiary/aromatic N) is 4. The molecule has 0 N–H and O–H groups in total. The lowest BCUT2D eigenvalue weighted by atomic mass is 10.1. The molecule has 4 aromatic rings. The molecule has 154 valence electrons. The standard InChI is InChI=1S/C22H20Br2N4O2/c1-13-19(21(29)27(25(13)3)17-9-5-15(23)6-10-17)20-14(2)26(4)28(22(20)30)18-11-7-16(24)8-12-18/h5-12H,1-4H3. The van der Waals surface area contributed by atoms with Crippen LogP contribution in [0.15, 0.2) is 67.1 Å². The van der Waals surface area contributed by atoms with Gasteiger partial charge in [0.25, 0.3) is 11.1 Å².